The van der Waals surface area contributed by atoms with Crippen LogP contribution in [-0.4, -0.2) is 21.5 Å². The maximum Gasteiger partial charge on any atom is 0.0692 e. The van der Waals surface area contributed by atoms with E-state index in [1.54, 1.807) is 6.20 Å². The molecule has 2 rings (SSSR count). The van der Waals surface area contributed by atoms with E-state index in [4.69, 9.17) is 0 Å². The maximum absolute atomic E-state index is 3.91. The van der Waals surface area contributed by atoms with Gasteiger partial charge in [-0.05, 0) is 18.1 Å². The van der Waals surface area contributed by atoms with Gasteiger partial charge in [-0.1, -0.05) is 29.5 Å². The number of hydrogen-bond donors (Lipinski definition) is 1. The third-order valence-electron chi connectivity index (χ3n) is 2.57. The number of aromatic nitrogens is 3. The molecular formula is C12H16N4. The van der Waals surface area contributed by atoms with E-state index < -0.39 is 0 Å². The SMILES string of the molecule is Cc1ccccc1CNCCn1ccnn1. The first kappa shape index (κ1) is 10.8. The number of nitrogens with zero attached hydrogens (tertiary/aromatic N) is 3. The van der Waals surface area contributed by atoms with Crippen LogP contribution >= 0.6 is 0 Å². The number of aryl methyl sites for hydroxylation is 1. The third-order valence-corrected chi connectivity index (χ3v) is 2.57. The molecule has 0 atom stereocenters. The molecule has 0 spiro atoms. The van der Waals surface area contributed by atoms with Crippen molar-refractivity contribution in [3.05, 3.63) is 47.8 Å². The summed E-state index contributed by atoms with van der Waals surface area (Å²) in [6.45, 7) is 4.79. The van der Waals surface area contributed by atoms with E-state index in [1.807, 2.05) is 10.9 Å². The Hall–Kier alpha value is -1.68. The monoisotopic (exact) mass is 216 g/mol. The minimum atomic E-state index is 0.853. The lowest BCUT2D eigenvalue weighted by Gasteiger charge is -2.07. The fourth-order valence-corrected chi connectivity index (χ4v) is 1.58. The molecule has 0 amide bonds. The lowest BCUT2D eigenvalue weighted by molar-refractivity contribution is 0.540. The van der Waals surface area contributed by atoms with Gasteiger partial charge in [0.15, 0.2) is 0 Å². The van der Waals surface area contributed by atoms with Gasteiger partial charge in [-0.25, -0.2) is 0 Å². The molecule has 0 bridgehead atoms. The summed E-state index contributed by atoms with van der Waals surface area (Å²) in [6.07, 6.45) is 3.57. The molecule has 84 valence electrons. The van der Waals surface area contributed by atoms with Crippen LogP contribution in [-0.2, 0) is 13.1 Å². The lowest BCUT2D eigenvalue weighted by Crippen LogP contribution is -2.20. The first-order valence-corrected chi connectivity index (χ1v) is 5.45. The van der Waals surface area contributed by atoms with Crippen molar-refractivity contribution in [1.29, 1.82) is 0 Å². The zero-order valence-corrected chi connectivity index (χ0v) is 9.43. The Balaban J connectivity index is 1.74. The molecule has 2 aromatic rings. The van der Waals surface area contributed by atoms with Gasteiger partial charge in [-0.3, -0.25) is 4.68 Å². The molecule has 0 fully saturated rings. The highest BCUT2D eigenvalue weighted by Gasteiger charge is 1.96. The Bertz CT molecular complexity index is 422. The molecule has 4 nitrogen and oxygen atoms in total. The molecule has 0 unspecified atom stereocenters. The van der Waals surface area contributed by atoms with Crippen molar-refractivity contribution in [1.82, 2.24) is 20.3 Å². The van der Waals surface area contributed by atoms with Crippen LogP contribution in [0.1, 0.15) is 11.1 Å². The molecular weight excluding hydrogens is 200 g/mol. The van der Waals surface area contributed by atoms with Crippen LogP contribution in [0.3, 0.4) is 0 Å². The predicted octanol–water partition coefficient (Wildman–Crippen LogP) is 1.38. The van der Waals surface area contributed by atoms with Gasteiger partial charge >= 0.3 is 0 Å². The van der Waals surface area contributed by atoms with Crippen molar-refractivity contribution in [2.75, 3.05) is 6.54 Å². The summed E-state index contributed by atoms with van der Waals surface area (Å²) in [6, 6.07) is 8.42. The van der Waals surface area contributed by atoms with Crippen molar-refractivity contribution in [2.45, 2.75) is 20.0 Å². The zero-order valence-electron chi connectivity index (χ0n) is 9.43. The predicted molar refractivity (Wildman–Crippen MR) is 62.9 cm³/mol. The molecule has 0 saturated carbocycles. The topological polar surface area (TPSA) is 42.7 Å². The van der Waals surface area contributed by atoms with E-state index in [9.17, 15) is 0 Å². The second-order valence-electron chi connectivity index (χ2n) is 3.77. The fraction of sp³-hybridized carbons (Fsp3) is 0.333. The Labute approximate surface area is 95.3 Å². The van der Waals surface area contributed by atoms with Crippen LogP contribution in [0.25, 0.3) is 0 Å². The van der Waals surface area contributed by atoms with Crippen LogP contribution in [0.15, 0.2) is 36.7 Å². The van der Waals surface area contributed by atoms with Gasteiger partial charge in [0.1, 0.15) is 0 Å². The summed E-state index contributed by atoms with van der Waals surface area (Å²) in [5.41, 5.74) is 2.68. The number of nitrogens with one attached hydrogen (secondary N) is 1. The van der Waals surface area contributed by atoms with Crippen molar-refractivity contribution in [3.8, 4) is 0 Å². The van der Waals surface area contributed by atoms with Crippen molar-refractivity contribution in [2.24, 2.45) is 0 Å². The summed E-state index contributed by atoms with van der Waals surface area (Å²) < 4.78 is 1.82. The van der Waals surface area contributed by atoms with Crippen LogP contribution in [0.4, 0.5) is 0 Å². The van der Waals surface area contributed by atoms with E-state index in [2.05, 4.69) is 46.8 Å². The third kappa shape index (κ3) is 2.90. The summed E-state index contributed by atoms with van der Waals surface area (Å²) in [5, 5.41) is 11.1. The molecule has 0 saturated heterocycles. The average molecular weight is 216 g/mol. The fourth-order valence-electron chi connectivity index (χ4n) is 1.58. The van der Waals surface area contributed by atoms with E-state index in [1.165, 1.54) is 11.1 Å². The van der Waals surface area contributed by atoms with Crippen LogP contribution in [0.2, 0.25) is 0 Å². The van der Waals surface area contributed by atoms with Crippen LogP contribution in [0.5, 0.6) is 0 Å². The van der Waals surface area contributed by atoms with Gasteiger partial charge in [0.05, 0.1) is 12.7 Å². The first-order valence-electron chi connectivity index (χ1n) is 5.45. The molecule has 0 radical (unpaired) electrons. The van der Waals surface area contributed by atoms with Gasteiger partial charge in [0, 0.05) is 19.3 Å². The largest absolute Gasteiger partial charge is 0.311 e. The minimum absolute atomic E-state index is 0.853. The normalized spacial score (nSPS) is 10.6. The zero-order chi connectivity index (χ0) is 11.2. The van der Waals surface area contributed by atoms with Crippen LogP contribution < -0.4 is 5.32 Å². The number of hydrogen-bond acceptors (Lipinski definition) is 3. The highest BCUT2D eigenvalue weighted by Crippen LogP contribution is 2.05. The maximum atomic E-state index is 3.91. The highest BCUT2D eigenvalue weighted by molar-refractivity contribution is 5.25. The molecule has 0 aliphatic carbocycles. The quantitative estimate of drug-likeness (QED) is 0.768. The van der Waals surface area contributed by atoms with Gasteiger partial charge in [-0.15, -0.1) is 5.10 Å². The van der Waals surface area contributed by atoms with Gasteiger partial charge < -0.3 is 5.32 Å². The Morgan fingerprint density at radius 1 is 1.31 bits per heavy atom. The second-order valence-corrected chi connectivity index (χ2v) is 3.77. The van der Waals surface area contributed by atoms with Gasteiger partial charge in [0.2, 0.25) is 0 Å². The molecule has 0 aliphatic heterocycles. The Morgan fingerprint density at radius 2 is 2.19 bits per heavy atom. The first-order chi connectivity index (χ1) is 7.86. The molecule has 1 heterocycles. The van der Waals surface area contributed by atoms with Crippen molar-refractivity contribution < 1.29 is 0 Å². The molecule has 4 heteroatoms. The standard InChI is InChI=1S/C12H16N4/c1-11-4-2-3-5-12(11)10-13-6-8-16-9-7-14-15-16/h2-5,7,9,13H,6,8,10H2,1H3. The van der Waals surface area contributed by atoms with Gasteiger partial charge in [0.25, 0.3) is 0 Å². The smallest absolute Gasteiger partial charge is 0.0692 e. The molecule has 16 heavy (non-hydrogen) atoms. The highest BCUT2D eigenvalue weighted by atomic mass is 15.4. The van der Waals surface area contributed by atoms with E-state index in [-0.39, 0.29) is 0 Å². The van der Waals surface area contributed by atoms with E-state index in [0.717, 1.165) is 19.6 Å². The summed E-state index contributed by atoms with van der Waals surface area (Å²) in [4.78, 5) is 0. The Kier molecular flexibility index (Phi) is 3.66. The van der Waals surface area contributed by atoms with E-state index in [0.29, 0.717) is 0 Å². The number of rotatable bonds is 5. The molecule has 0 aliphatic rings. The summed E-state index contributed by atoms with van der Waals surface area (Å²) in [5.74, 6) is 0. The summed E-state index contributed by atoms with van der Waals surface area (Å²) in [7, 11) is 0. The van der Waals surface area contributed by atoms with E-state index >= 15 is 0 Å². The lowest BCUT2D eigenvalue weighted by atomic mass is 10.1. The van der Waals surface area contributed by atoms with Gasteiger partial charge in [-0.2, -0.15) is 0 Å². The van der Waals surface area contributed by atoms with Crippen LogP contribution in [0, 0.1) is 6.92 Å². The second kappa shape index (κ2) is 5.42. The number of benzene rings is 1. The molecule has 1 N–H and O–H groups in total. The average Bonchev–Trinajstić information content (AvgIpc) is 2.79. The molecule has 1 aromatic carbocycles. The minimum Gasteiger partial charge on any atom is -0.311 e. The Morgan fingerprint density at radius 3 is 2.94 bits per heavy atom. The van der Waals surface area contributed by atoms with Crippen molar-refractivity contribution >= 4 is 0 Å². The summed E-state index contributed by atoms with van der Waals surface area (Å²) >= 11 is 0. The van der Waals surface area contributed by atoms with Crippen molar-refractivity contribution in [3.63, 3.8) is 0 Å². The molecule has 1 aromatic heterocycles.